The van der Waals surface area contributed by atoms with Crippen LogP contribution in [-0.2, 0) is 14.3 Å². The molecule has 0 saturated carbocycles. The smallest absolute Gasteiger partial charge is 0.407 e. The minimum Gasteiger partial charge on any atom is -0.465 e. The lowest BCUT2D eigenvalue weighted by Crippen LogP contribution is -2.44. The Balaban J connectivity index is 2.38. The predicted molar refractivity (Wildman–Crippen MR) is 79.7 cm³/mol. The lowest BCUT2D eigenvalue weighted by atomic mass is 10.2. The molecular weight excluding hydrogens is 306 g/mol. The number of nitrogens with zero attached hydrogens (tertiary/aromatic N) is 2. The molecule has 0 unspecified atom stereocenters. The van der Waals surface area contributed by atoms with E-state index in [1.54, 1.807) is 20.8 Å². The largest absolute Gasteiger partial charge is 0.465 e. The standard InChI is InChI=1S/C14H21N3O6/c1-14(2,3)23-12(20)15-6-7-16(13(21)22)8-9-17-10(18)4-5-11(17)19/h4-5H,6-9H2,1-3H3,(H,15,20)(H,21,22). The van der Waals surface area contributed by atoms with Gasteiger partial charge in [-0.15, -0.1) is 0 Å². The Kier molecular flexibility index (Phi) is 6.11. The second-order valence-electron chi connectivity index (χ2n) is 5.86. The van der Waals surface area contributed by atoms with E-state index >= 15 is 0 Å². The normalized spacial score (nSPS) is 14.1. The van der Waals surface area contributed by atoms with Crippen LogP contribution < -0.4 is 5.32 Å². The Morgan fingerprint density at radius 2 is 1.78 bits per heavy atom. The van der Waals surface area contributed by atoms with Crippen molar-refractivity contribution in [2.75, 3.05) is 26.2 Å². The molecule has 0 aromatic carbocycles. The molecule has 0 bridgehead atoms. The number of nitrogens with one attached hydrogen (secondary N) is 1. The van der Waals surface area contributed by atoms with Gasteiger partial charge in [0, 0.05) is 38.3 Å². The molecule has 23 heavy (non-hydrogen) atoms. The maximum absolute atomic E-state index is 11.5. The van der Waals surface area contributed by atoms with Crippen molar-refractivity contribution in [1.82, 2.24) is 15.1 Å². The summed E-state index contributed by atoms with van der Waals surface area (Å²) in [6.07, 6.45) is 0.426. The molecule has 0 saturated heterocycles. The number of carboxylic acid groups (broad SMARTS) is 1. The first-order valence-corrected chi connectivity index (χ1v) is 7.08. The van der Waals surface area contributed by atoms with Crippen LogP contribution in [0.3, 0.4) is 0 Å². The van der Waals surface area contributed by atoms with Crippen molar-refractivity contribution < 1.29 is 29.0 Å². The Morgan fingerprint density at radius 1 is 1.22 bits per heavy atom. The van der Waals surface area contributed by atoms with Gasteiger partial charge in [-0.2, -0.15) is 0 Å². The van der Waals surface area contributed by atoms with Gasteiger partial charge in [0.2, 0.25) is 0 Å². The molecule has 9 nitrogen and oxygen atoms in total. The van der Waals surface area contributed by atoms with Crippen LogP contribution in [0.4, 0.5) is 9.59 Å². The average molecular weight is 327 g/mol. The number of ether oxygens (including phenoxy) is 1. The summed E-state index contributed by atoms with van der Waals surface area (Å²) in [4.78, 5) is 47.3. The Morgan fingerprint density at radius 3 is 2.26 bits per heavy atom. The van der Waals surface area contributed by atoms with Crippen LogP contribution in [0.15, 0.2) is 12.2 Å². The second kappa shape index (κ2) is 7.61. The van der Waals surface area contributed by atoms with Gasteiger partial charge < -0.3 is 20.1 Å². The highest BCUT2D eigenvalue weighted by atomic mass is 16.6. The van der Waals surface area contributed by atoms with Crippen LogP contribution in [0, 0.1) is 0 Å². The second-order valence-corrected chi connectivity index (χ2v) is 5.86. The van der Waals surface area contributed by atoms with E-state index in [9.17, 15) is 19.2 Å². The van der Waals surface area contributed by atoms with Crippen molar-refractivity contribution in [3.05, 3.63) is 12.2 Å². The predicted octanol–water partition coefficient (Wildman–Crippen LogP) is 0.416. The number of hydrogen-bond donors (Lipinski definition) is 2. The molecule has 0 fully saturated rings. The first-order valence-electron chi connectivity index (χ1n) is 7.08. The van der Waals surface area contributed by atoms with Gasteiger partial charge in [0.25, 0.3) is 11.8 Å². The monoisotopic (exact) mass is 327 g/mol. The van der Waals surface area contributed by atoms with Crippen molar-refractivity contribution in [2.45, 2.75) is 26.4 Å². The molecule has 0 aliphatic carbocycles. The maximum atomic E-state index is 11.5. The number of rotatable bonds is 6. The van der Waals surface area contributed by atoms with Crippen LogP contribution >= 0.6 is 0 Å². The number of carbonyl (C=O) groups excluding carboxylic acids is 3. The van der Waals surface area contributed by atoms with Crippen molar-refractivity contribution in [1.29, 1.82) is 0 Å². The highest BCUT2D eigenvalue weighted by Gasteiger charge is 2.24. The number of alkyl carbamates (subject to hydrolysis) is 1. The first-order chi connectivity index (χ1) is 10.6. The van der Waals surface area contributed by atoms with Crippen LogP contribution in [-0.4, -0.2) is 70.7 Å². The molecule has 1 rings (SSSR count). The van der Waals surface area contributed by atoms with Crippen LogP contribution in [0.25, 0.3) is 0 Å². The summed E-state index contributed by atoms with van der Waals surface area (Å²) in [7, 11) is 0. The third-order valence-electron chi connectivity index (χ3n) is 2.81. The zero-order chi connectivity index (χ0) is 17.6. The molecule has 0 aromatic heterocycles. The molecule has 2 N–H and O–H groups in total. The molecule has 0 aromatic rings. The van der Waals surface area contributed by atoms with Gasteiger partial charge in [-0.3, -0.25) is 14.5 Å². The molecular formula is C14H21N3O6. The molecule has 1 aliphatic heterocycles. The van der Waals surface area contributed by atoms with Gasteiger partial charge in [0.15, 0.2) is 0 Å². The summed E-state index contributed by atoms with van der Waals surface area (Å²) in [5.41, 5.74) is -0.639. The van der Waals surface area contributed by atoms with E-state index in [1.807, 2.05) is 0 Å². The van der Waals surface area contributed by atoms with Gasteiger partial charge in [-0.1, -0.05) is 0 Å². The lowest BCUT2D eigenvalue weighted by molar-refractivity contribution is -0.136. The molecule has 0 atom stereocenters. The van der Waals surface area contributed by atoms with Crippen LogP contribution in [0.1, 0.15) is 20.8 Å². The molecule has 4 amide bonds. The van der Waals surface area contributed by atoms with E-state index in [0.717, 1.165) is 22.0 Å². The van der Waals surface area contributed by atoms with Crippen molar-refractivity contribution in [2.24, 2.45) is 0 Å². The highest BCUT2D eigenvalue weighted by molar-refractivity contribution is 6.12. The Hall–Kier alpha value is -2.58. The third-order valence-corrected chi connectivity index (χ3v) is 2.81. The minimum atomic E-state index is -1.21. The van der Waals surface area contributed by atoms with Gasteiger partial charge in [-0.25, -0.2) is 9.59 Å². The van der Waals surface area contributed by atoms with Gasteiger partial charge in [0.05, 0.1) is 0 Å². The molecule has 1 heterocycles. The SMILES string of the molecule is CC(C)(C)OC(=O)NCCN(CCN1C(=O)C=CC1=O)C(=O)O. The summed E-state index contributed by atoms with van der Waals surface area (Å²) >= 11 is 0. The summed E-state index contributed by atoms with van der Waals surface area (Å²) in [5.74, 6) is -0.931. The van der Waals surface area contributed by atoms with E-state index in [4.69, 9.17) is 9.84 Å². The summed E-state index contributed by atoms with van der Waals surface area (Å²) in [6.45, 7) is 5.14. The number of carbonyl (C=O) groups is 4. The van der Waals surface area contributed by atoms with E-state index in [-0.39, 0.29) is 26.2 Å². The zero-order valence-electron chi connectivity index (χ0n) is 13.4. The molecule has 0 spiro atoms. The number of amides is 4. The van der Waals surface area contributed by atoms with Gasteiger partial charge >= 0.3 is 12.2 Å². The van der Waals surface area contributed by atoms with E-state index in [2.05, 4.69) is 5.32 Å². The summed E-state index contributed by atoms with van der Waals surface area (Å²) in [5, 5.41) is 11.6. The van der Waals surface area contributed by atoms with Crippen molar-refractivity contribution in [3.63, 3.8) is 0 Å². The quantitative estimate of drug-likeness (QED) is 0.683. The highest BCUT2D eigenvalue weighted by Crippen LogP contribution is 2.06. The number of hydrogen-bond acceptors (Lipinski definition) is 5. The fourth-order valence-electron chi connectivity index (χ4n) is 1.78. The third kappa shape index (κ3) is 6.37. The Labute approximate surface area is 133 Å². The lowest BCUT2D eigenvalue weighted by Gasteiger charge is -2.23. The van der Waals surface area contributed by atoms with E-state index in [0.29, 0.717) is 0 Å². The first kappa shape index (κ1) is 18.5. The zero-order valence-corrected chi connectivity index (χ0v) is 13.4. The topological polar surface area (TPSA) is 116 Å². The molecule has 9 heteroatoms. The number of imide groups is 1. The maximum Gasteiger partial charge on any atom is 0.407 e. The molecule has 0 radical (unpaired) electrons. The van der Waals surface area contributed by atoms with Crippen LogP contribution in [0.5, 0.6) is 0 Å². The van der Waals surface area contributed by atoms with Gasteiger partial charge in [-0.05, 0) is 20.8 Å². The fraction of sp³-hybridized carbons (Fsp3) is 0.571. The molecule has 1 aliphatic rings. The molecule has 128 valence electrons. The Bertz CT molecular complexity index is 505. The van der Waals surface area contributed by atoms with E-state index < -0.39 is 29.6 Å². The minimum absolute atomic E-state index is 0.0121. The summed E-state index contributed by atoms with van der Waals surface area (Å²) in [6, 6.07) is 0. The average Bonchev–Trinajstić information content (AvgIpc) is 2.71. The van der Waals surface area contributed by atoms with Gasteiger partial charge in [0.1, 0.15) is 5.60 Å². The summed E-state index contributed by atoms with van der Waals surface area (Å²) < 4.78 is 5.03. The fourth-order valence-corrected chi connectivity index (χ4v) is 1.78. The van der Waals surface area contributed by atoms with Crippen LogP contribution in [0.2, 0.25) is 0 Å². The van der Waals surface area contributed by atoms with E-state index in [1.165, 1.54) is 0 Å². The van der Waals surface area contributed by atoms with Crippen molar-refractivity contribution >= 4 is 24.0 Å². The van der Waals surface area contributed by atoms with Crippen molar-refractivity contribution in [3.8, 4) is 0 Å².